The zero-order chi connectivity index (χ0) is 9.94. The van der Waals surface area contributed by atoms with Crippen LogP contribution in [0, 0.1) is 0 Å². The monoisotopic (exact) mass is 202 g/mol. The second-order valence-electron chi connectivity index (χ2n) is 2.57. The molecule has 3 nitrogen and oxygen atoms in total. The highest BCUT2D eigenvalue weighted by atomic mass is 32.2. The quantitative estimate of drug-likeness (QED) is 0.448. The molecule has 2 N–H and O–H groups in total. The molecule has 1 amide bonds. The Morgan fingerprint density at radius 1 is 1.54 bits per heavy atom. The van der Waals surface area contributed by atoms with Crippen molar-refractivity contribution in [3.05, 3.63) is 12.7 Å². The van der Waals surface area contributed by atoms with Gasteiger partial charge in [-0.25, -0.2) is 0 Å². The first-order valence-corrected chi connectivity index (χ1v) is 5.56. The first-order chi connectivity index (χ1) is 6.31. The summed E-state index contributed by atoms with van der Waals surface area (Å²) in [6.45, 7) is 5.11. The minimum Gasteiger partial charge on any atom is -0.355 e. The maximum absolute atomic E-state index is 11.1. The topological polar surface area (TPSA) is 41.1 Å². The van der Waals surface area contributed by atoms with Crippen LogP contribution >= 0.6 is 11.8 Å². The van der Waals surface area contributed by atoms with Crippen molar-refractivity contribution < 1.29 is 4.79 Å². The van der Waals surface area contributed by atoms with Gasteiger partial charge in [-0.3, -0.25) is 4.79 Å². The Bertz CT molecular complexity index is 151. The lowest BCUT2D eigenvalue weighted by Crippen LogP contribution is -2.28. The minimum absolute atomic E-state index is 0.119. The van der Waals surface area contributed by atoms with Gasteiger partial charge < -0.3 is 10.6 Å². The van der Waals surface area contributed by atoms with Crippen LogP contribution in [0.15, 0.2) is 12.7 Å². The van der Waals surface area contributed by atoms with Crippen molar-refractivity contribution in [3.63, 3.8) is 0 Å². The maximum atomic E-state index is 11.1. The van der Waals surface area contributed by atoms with Crippen LogP contribution in [0.1, 0.15) is 6.42 Å². The molecule has 0 atom stereocenters. The number of thioether (sulfide) groups is 1. The summed E-state index contributed by atoms with van der Waals surface area (Å²) in [6, 6.07) is 0. The molecule has 0 saturated heterocycles. The molecule has 0 aromatic heterocycles. The number of rotatable bonds is 8. The number of nitrogens with one attached hydrogen (secondary N) is 2. The van der Waals surface area contributed by atoms with Gasteiger partial charge in [-0.15, -0.1) is 6.58 Å². The molecule has 0 radical (unpaired) electrons. The third-order valence-electron chi connectivity index (χ3n) is 1.41. The fourth-order valence-electron chi connectivity index (χ4n) is 0.756. The van der Waals surface area contributed by atoms with Crippen LogP contribution < -0.4 is 10.6 Å². The maximum Gasteiger partial charge on any atom is 0.221 e. The van der Waals surface area contributed by atoms with Gasteiger partial charge in [0.2, 0.25) is 5.91 Å². The Hall–Kier alpha value is -0.480. The van der Waals surface area contributed by atoms with Crippen LogP contribution in [-0.2, 0) is 4.79 Å². The van der Waals surface area contributed by atoms with Crippen LogP contribution in [0.4, 0.5) is 0 Å². The van der Waals surface area contributed by atoms with Crippen LogP contribution in [0.25, 0.3) is 0 Å². The number of carbonyl (C=O) groups excluding carboxylic acids is 1. The number of hydrogen-bond donors (Lipinski definition) is 2. The lowest BCUT2D eigenvalue weighted by Gasteiger charge is -2.03. The molecule has 0 saturated carbocycles. The number of amides is 1. The summed E-state index contributed by atoms with van der Waals surface area (Å²) in [6.07, 6.45) is 2.43. The van der Waals surface area contributed by atoms with Gasteiger partial charge in [-0.2, -0.15) is 11.8 Å². The molecule has 0 aromatic rings. The van der Waals surface area contributed by atoms with Gasteiger partial charge in [0.25, 0.3) is 0 Å². The first kappa shape index (κ1) is 12.5. The normalized spacial score (nSPS) is 9.62. The highest BCUT2D eigenvalue weighted by molar-refractivity contribution is 7.99. The van der Waals surface area contributed by atoms with Crippen molar-refractivity contribution >= 4 is 17.7 Å². The summed E-state index contributed by atoms with van der Waals surface area (Å²) in [4.78, 5) is 11.1. The van der Waals surface area contributed by atoms with E-state index in [-0.39, 0.29) is 5.91 Å². The Kier molecular flexibility index (Phi) is 9.25. The van der Waals surface area contributed by atoms with E-state index in [0.29, 0.717) is 6.42 Å². The fourth-order valence-corrected chi connectivity index (χ4v) is 1.34. The molecule has 0 heterocycles. The van der Waals surface area contributed by atoms with E-state index in [9.17, 15) is 4.79 Å². The number of carbonyl (C=O) groups is 1. The zero-order valence-corrected chi connectivity index (χ0v) is 8.95. The van der Waals surface area contributed by atoms with E-state index in [2.05, 4.69) is 17.2 Å². The SMILES string of the molecule is C=CCSCCNC(=O)CCNC. The Morgan fingerprint density at radius 2 is 2.31 bits per heavy atom. The predicted molar refractivity (Wildman–Crippen MR) is 59.1 cm³/mol. The zero-order valence-electron chi connectivity index (χ0n) is 8.14. The number of hydrogen-bond acceptors (Lipinski definition) is 3. The molecule has 0 aliphatic heterocycles. The molecule has 0 aliphatic carbocycles. The Morgan fingerprint density at radius 3 is 2.92 bits per heavy atom. The molecule has 0 aliphatic rings. The van der Waals surface area contributed by atoms with Gasteiger partial charge in [0.05, 0.1) is 0 Å². The third kappa shape index (κ3) is 9.43. The van der Waals surface area contributed by atoms with Crippen LogP contribution in [0.2, 0.25) is 0 Å². The predicted octanol–water partition coefficient (Wildman–Crippen LogP) is 0.631. The molecule has 0 aromatic carbocycles. The Labute approximate surface area is 84.4 Å². The standard InChI is InChI=1S/C9H18N2OS/c1-3-7-13-8-6-11-9(12)4-5-10-2/h3,10H,1,4-8H2,2H3,(H,11,12). The van der Waals surface area contributed by atoms with Crippen molar-refractivity contribution in [1.29, 1.82) is 0 Å². The summed E-state index contributed by atoms with van der Waals surface area (Å²) in [5.74, 6) is 2.03. The lowest BCUT2D eigenvalue weighted by molar-refractivity contribution is -0.120. The summed E-state index contributed by atoms with van der Waals surface area (Å²) in [7, 11) is 1.84. The van der Waals surface area contributed by atoms with Crippen LogP contribution in [0.5, 0.6) is 0 Å². The molecule has 13 heavy (non-hydrogen) atoms. The van der Waals surface area contributed by atoms with E-state index in [4.69, 9.17) is 0 Å². The summed E-state index contributed by atoms with van der Waals surface area (Å²) < 4.78 is 0. The molecule has 76 valence electrons. The van der Waals surface area contributed by atoms with Crippen molar-refractivity contribution in [2.45, 2.75) is 6.42 Å². The minimum atomic E-state index is 0.119. The third-order valence-corrected chi connectivity index (χ3v) is 2.37. The second-order valence-corrected chi connectivity index (χ2v) is 3.72. The van der Waals surface area contributed by atoms with Gasteiger partial charge in [0.15, 0.2) is 0 Å². The van der Waals surface area contributed by atoms with E-state index >= 15 is 0 Å². The average Bonchev–Trinajstić information content (AvgIpc) is 2.14. The van der Waals surface area contributed by atoms with E-state index in [1.807, 2.05) is 13.1 Å². The molecule has 0 spiro atoms. The molecule has 0 fully saturated rings. The molecule has 0 bridgehead atoms. The van der Waals surface area contributed by atoms with Crippen molar-refractivity contribution in [2.24, 2.45) is 0 Å². The van der Waals surface area contributed by atoms with Gasteiger partial charge >= 0.3 is 0 Å². The lowest BCUT2D eigenvalue weighted by atomic mass is 10.4. The van der Waals surface area contributed by atoms with Gasteiger partial charge in [-0.1, -0.05) is 6.08 Å². The van der Waals surface area contributed by atoms with Gasteiger partial charge in [0, 0.05) is 31.0 Å². The fraction of sp³-hybridized carbons (Fsp3) is 0.667. The largest absolute Gasteiger partial charge is 0.355 e. The molecule has 0 rings (SSSR count). The summed E-state index contributed by atoms with van der Waals surface area (Å²) >= 11 is 1.77. The molecule has 0 unspecified atom stereocenters. The van der Waals surface area contributed by atoms with Gasteiger partial charge in [0.1, 0.15) is 0 Å². The van der Waals surface area contributed by atoms with E-state index in [1.165, 1.54) is 0 Å². The van der Waals surface area contributed by atoms with E-state index in [0.717, 1.165) is 24.6 Å². The summed E-state index contributed by atoms with van der Waals surface area (Å²) in [5.41, 5.74) is 0. The smallest absolute Gasteiger partial charge is 0.221 e. The Balaban J connectivity index is 3.12. The highest BCUT2D eigenvalue weighted by Gasteiger charge is 1.97. The highest BCUT2D eigenvalue weighted by Crippen LogP contribution is 1.96. The van der Waals surface area contributed by atoms with E-state index < -0.39 is 0 Å². The van der Waals surface area contributed by atoms with Gasteiger partial charge in [-0.05, 0) is 7.05 Å². The van der Waals surface area contributed by atoms with Crippen molar-refractivity contribution in [1.82, 2.24) is 10.6 Å². The van der Waals surface area contributed by atoms with E-state index in [1.54, 1.807) is 11.8 Å². The van der Waals surface area contributed by atoms with Crippen molar-refractivity contribution in [2.75, 3.05) is 31.6 Å². The first-order valence-electron chi connectivity index (χ1n) is 4.41. The van der Waals surface area contributed by atoms with Crippen molar-refractivity contribution in [3.8, 4) is 0 Å². The van der Waals surface area contributed by atoms with Crippen LogP contribution in [0.3, 0.4) is 0 Å². The van der Waals surface area contributed by atoms with Crippen LogP contribution in [-0.4, -0.2) is 37.6 Å². The molecular formula is C9H18N2OS. The summed E-state index contributed by atoms with van der Waals surface area (Å²) in [5, 5.41) is 5.77. The second kappa shape index (κ2) is 9.61. The molecular weight excluding hydrogens is 184 g/mol. The molecule has 4 heteroatoms. The average molecular weight is 202 g/mol.